The molecule has 6 heteroatoms. The van der Waals surface area contributed by atoms with Gasteiger partial charge in [-0.05, 0) is 174 Å². The molecular formula is C70H67BN2OS2. The number of thiophene rings is 2. The molecule has 11 aromatic rings. The van der Waals surface area contributed by atoms with Crippen LogP contribution in [0.2, 0.25) is 0 Å². The fraction of sp³-hybridized carbons (Fsp3) is 0.286. The van der Waals surface area contributed by atoms with Gasteiger partial charge in [-0.1, -0.05) is 141 Å². The summed E-state index contributed by atoms with van der Waals surface area (Å²) in [6.07, 6.45) is 12.6. The number of nitrogens with zero attached hydrogens (tertiary/aromatic N) is 2. The van der Waals surface area contributed by atoms with E-state index in [9.17, 15) is 0 Å². The zero-order valence-corrected chi connectivity index (χ0v) is 47.0. The van der Waals surface area contributed by atoms with Gasteiger partial charge in [0.1, 0.15) is 11.2 Å². The zero-order valence-electron chi connectivity index (χ0n) is 45.3. The van der Waals surface area contributed by atoms with Crippen LogP contribution in [-0.4, -0.2) is 6.85 Å². The van der Waals surface area contributed by atoms with Crippen LogP contribution in [0.15, 0.2) is 150 Å². The van der Waals surface area contributed by atoms with Crippen molar-refractivity contribution in [1.29, 1.82) is 0 Å². The van der Waals surface area contributed by atoms with Gasteiger partial charge in [0.05, 0.1) is 11.4 Å². The second-order valence-electron chi connectivity index (χ2n) is 23.7. The summed E-state index contributed by atoms with van der Waals surface area (Å²) in [5, 5.41) is 6.35. The molecule has 0 atom stereocenters. The number of hydrogen-bond acceptors (Lipinski definition) is 5. The third-order valence-electron chi connectivity index (χ3n) is 17.8. The third kappa shape index (κ3) is 7.48. The maximum absolute atomic E-state index is 7.34. The minimum absolute atomic E-state index is 0.1000. The van der Waals surface area contributed by atoms with Gasteiger partial charge in [-0.25, -0.2) is 0 Å². The Kier molecular flexibility index (Phi) is 11.5. The van der Waals surface area contributed by atoms with Crippen LogP contribution in [0.4, 0.5) is 28.4 Å². The number of anilines is 5. The molecule has 3 aromatic heterocycles. The van der Waals surface area contributed by atoms with E-state index in [0.29, 0.717) is 0 Å². The largest absolute Gasteiger partial charge is 0.455 e. The van der Waals surface area contributed by atoms with E-state index in [1.54, 1.807) is 0 Å². The molecule has 378 valence electrons. The highest BCUT2D eigenvalue weighted by molar-refractivity contribution is 7.32. The Balaban J connectivity index is 1.14. The predicted octanol–water partition coefficient (Wildman–Crippen LogP) is 19.9. The Morgan fingerprint density at radius 1 is 0.513 bits per heavy atom. The molecule has 0 saturated heterocycles. The molecule has 0 bridgehead atoms. The van der Waals surface area contributed by atoms with E-state index in [1.165, 1.54) is 158 Å². The second kappa shape index (κ2) is 18.3. The SMILES string of the molecule is CCCCc1ccc(N2B3c4sc5ccc(CCCC)cc5c4N(c4ccc(CCCC)cc4-c4ccccc4)c4cc5c(oc6ccccc65)c(c43)-c3cc4c(cc32)sc2cc3c(cc24)C(C)(C)CCC3(C)C)cc1. The van der Waals surface area contributed by atoms with Crippen molar-refractivity contribution >= 4 is 120 Å². The first-order chi connectivity index (χ1) is 37.0. The van der Waals surface area contributed by atoms with Gasteiger partial charge in [-0.3, -0.25) is 0 Å². The fourth-order valence-corrected chi connectivity index (χ4v) is 15.9. The van der Waals surface area contributed by atoms with Crippen LogP contribution in [0.25, 0.3) is 74.5 Å². The van der Waals surface area contributed by atoms with Gasteiger partial charge in [-0.15, -0.1) is 22.7 Å². The molecule has 0 saturated carbocycles. The van der Waals surface area contributed by atoms with Gasteiger partial charge in [0.25, 0.3) is 0 Å². The van der Waals surface area contributed by atoms with Crippen LogP contribution < -0.4 is 20.0 Å². The lowest BCUT2D eigenvalue weighted by Crippen LogP contribution is -2.60. The van der Waals surface area contributed by atoms with Crippen molar-refractivity contribution in [3.63, 3.8) is 0 Å². The number of furan rings is 1. The lowest BCUT2D eigenvalue weighted by Gasteiger charge is -2.45. The molecule has 2 aliphatic heterocycles. The zero-order chi connectivity index (χ0) is 51.6. The van der Waals surface area contributed by atoms with E-state index in [2.05, 4.69) is 204 Å². The minimum atomic E-state index is -0.135. The summed E-state index contributed by atoms with van der Waals surface area (Å²) < 4.78 is 12.7. The molecule has 0 unspecified atom stereocenters. The number of fused-ring (bicyclic) bond motifs is 14. The van der Waals surface area contributed by atoms with Crippen molar-refractivity contribution in [2.75, 3.05) is 9.71 Å². The molecule has 14 rings (SSSR count). The molecule has 0 fully saturated rings. The van der Waals surface area contributed by atoms with Crippen molar-refractivity contribution in [3.8, 4) is 22.3 Å². The summed E-state index contributed by atoms with van der Waals surface area (Å²) in [6, 6.07) is 57.2. The summed E-state index contributed by atoms with van der Waals surface area (Å²) in [6.45, 7) is 16.6. The highest BCUT2D eigenvalue weighted by atomic mass is 32.1. The lowest BCUT2D eigenvalue weighted by molar-refractivity contribution is 0.332. The Hall–Kier alpha value is -6.60. The Morgan fingerprint density at radius 2 is 1.16 bits per heavy atom. The van der Waals surface area contributed by atoms with Gasteiger partial charge in [0.15, 0.2) is 0 Å². The summed E-state index contributed by atoms with van der Waals surface area (Å²) >= 11 is 3.97. The van der Waals surface area contributed by atoms with E-state index in [0.717, 1.165) is 54.0 Å². The topological polar surface area (TPSA) is 19.6 Å². The molecule has 8 aromatic carbocycles. The van der Waals surface area contributed by atoms with E-state index in [4.69, 9.17) is 4.42 Å². The van der Waals surface area contributed by atoms with Crippen LogP contribution in [-0.2, 0) is 30.1 Å². The van der Waals surface area contributed by atoms with Gasteiger partial charge >= 0.3 is 6.85 Å². The Labute approximate surface area is 457 Å². The predicted molar refractivity (Wildman–Crippen MR) is 332 cm³/mol. The molecule has 0 radical (unpaired) electrons. The highest BCUT2D eigenvalue weighted by Gasteiger charge is 2.49. The molecule has 5 heterocycles. The molecule has 0 N–H and O–H groups in total. The molecule has 1 aliphatic carbocycles. The molecule has 0 amide bonds. The second-order valence-corrected chi connectivity index (χ2v) is 25.9. The summed E-state index contributed by atoms with van der Waals surface area (Å²) in [7, 11) is 0. The summed E-state index contributed by atoms with van der Waals surface area (Å²) in [4.78, 5) is 5.46. The van der Waals surface area contributed by atoms with Crippen LogP contribution >= 0.6 is 22.7 Å². The number of unbranched alkanes of at least 4 members (excludes halogenated alkanes) is 3. The van der Waals surface area contributed by atoms with E-state index >= 15 is 0 Å². The average molecular weight is 1030 g/mol. The van der Waals surface area contributed by atoms with Crippen LogP contribution in [0.3, 0.4) is 0 Å². The van der Waals surface area contributed by atoms with Crippen LogP contribution in [0.1, 0.15) is 128 Å². The van der Waals surface area contributed by atoms with Crippen LogP contribution in [0.5, 0.6) is 0 Å². The van der Waals surface area contributed by atoms with Crippen molar-refractivity contribution in [1.82, 2.24) is 0 Å². The van der Waals surface area contributed by atoms with Crippen molar-refractivity contribution in [2.24, 2.45) is 0 Å². The van der Waals surface area contributed by atoms with Crippen molar-refractivity contribution in [2.45, 2.75) is 130 Å². The van der Waals surface area contributed by atoms with Gasteiger partial charge < -0.3 is 14.1 Å². The fourth-order valence-electron chi connectivity index (χ4n) is 13.5. The lowest BCUT2D eigenvalue weighted by atomic mass is 9.46. The number of aryl methyl sites for hydroxylation is 3. The summed E-state index contributed by atoms with van der Waals surface area (Å²) in [5.74, 6) is 0. The maximum Gasteiger partial charge on any atom is 0.343 e. The van der Waals surface area contributed by atoms with Gasteiger partial charge in [0.2, 0.25) is 0 Å². The Bertz CT molecular complexity index is 4100. The normalized spacial score (nSPS) is 15.3. The molecule has 0 spiro atoms. The first-order valence-corrected chi connectivity index (χ1v) is 30.1. The quantitative estimate of drug-likeness (QED) is 0.114. The van der Waals surface area contributed by atoms with E-state index in [1.807, 2.05) is 22.7 Å². The number of hydrogen-bond donors (Lipinski definition) is 0. The van der Waals surface area contributed by atoms with Gasteiger partial charge in [-0.2, -0.15) is 0 Å². The number of rotatable bonds is 12. The third-order valence-corrected chi connectivity index (χ3v) is 20.2. The van der Waals surface area contributed by atoms with Crippen LogP contribution in [0, 0.1) is 0 Å². The maximum atomic E-state index is 7.34. The molecule has 3 aliphatic rings. The standard InChI is InChI=1S/C70H67BN2OS2/c1-8-11-19-43-26-30-47(31-27-43)73-58-42-63-50(51-39-55-56(41-62(51)75-63)70(6,7)35-34-69(55,4)5)38-53(58)64-65-59(40-52-48-24-17-18-25-60(48)74-67(52)64)72(57-32-28-44(20-12-9-2)36-49(57)46-22-15-14-16-23-46)66-54-37-45(21-13-10-3)29-33-61(54)76-68(66)71(65)73/h14-18,22-33,36-42H,8-13,19-21,34-35H2,1-7H3. The first kappa shape index (κ1) is 47.8. The Morgan fingerprint density at radius 3 is 1.91 bits per heavy atom. The minimum Gasteiger partial charge on any atom is -0.455 e. The monoisotopic (exact) mass is 1030 g/mol. The van der Waals surface area contributed by atoms with Gasteiger partial charge in [0, 0.05) is 79.6 Å². The van der Waals surface area contributed by atoms with E-state index in [-0.39, 0.29) is 17.7 Å². The first-order valence-electron chi connectivity index (χ1n) is 28.5. The average Bonchev–Trinajstić information content (AvgIpc) is 4.24. The van der Waals surface area contributed by atoms with Crippen molar-refractivity contribution in [3.05, 3.63) is 173 Å². The number of benzene rings is 8. The summed E-state index contributed by atoms with van der Waals surface area (Å²) in [5.41, 5.74) is 21.8. The highest BCUT2D eigenvalue weighted by Crippen LogP contribution is 2.56. The van der Waals surface area contributed by atoms with E-state index < -0.39 is 0 Å². The molecular weight excluding hydrogens is 960 g/mol. The molecule has 3 nitrogen and oxygen atoms in total. The smallest absolute Gasteiger partial charge is 0.343 e. The molecule has 76 heavy (non-hydrogen) atoms. The number of para-hydroxylation sites is 1. The van der Waals surface area contributed by atoms with Crippen molar-refractivity contribution < 1.29 is 4.42 Å².